The summed E-state index contributed by atoms with van der Waals surface area (Å²) in [6.45, 7) is 0.231. The number of hydrogen-bond donors (Lipinski definition) is 6. The van der Waals surface area contributed by atoms with Crippen molar-refractivity contribution in [3.8, 4) is 0 Å². The minimum atomic E-state index is -1.31. The summed E-state index contributed by atoms with van der Waals surface area (Å²) in [6, 6.07) is 4.86. The first-order valence-electron chi connectivity index (χ1n) is 9.33. The summed E-state index contributed by atoms with van der Waals surface area (Å²) in [5.41, 5.74) is 6.47. The Balaban J connectivity index is 1.62. The first kappa shape index (κ1) is 22.2. The van der Waals surface area contributed by atoms with Gasteiger partial charge in [-0.3, -0.25) is 24.2 Å². The molecular formula is C18H18BN7O6. The number of benzene rings is 1. The van der Waals surface area contributed by atoms with Gasteiger partial charge in [-0.1, -0.05) is 0 Å². The van der Waals surface area contributed by atoms with Gasteiger partial charge in [0.05, 0.1) is 18.4 Å². The number of nitrogen functional groups attached to an aromatic ring is 1. The van der Waals surface area contributed by atoms with Gasteiger partial charge in [-0.15, -0.1) is 0 Å². The molecule has 1 atom stereocenters. The summed E-state index contributed by atoms with van der Waals surface area (Å²) in [5, 5.41) is 23.2. The van der Waals surface area contributed by atoms with Crippen LogP contribution in [0.15, 0.2) is 35.3 Å². The molecule has 3 aromatic rings. The minimum absolute atomic E-state index is 0.0524. The molecule has 164 valence electrons. The van der Waals surface area contributed by atoms with Crippen LogP contribution in [-0.2, 0) is 11.3 Å². The molecule has 2 aromatic heterocycles. The van der Waals surface area contributed by atoms with Crippen molar-refractivity contribution in [3.05, 3.63) is 52.1 Å². The number of aliphatic carboxylic acids is 1. The fourth-order valence-electron chi connectivity index (χ4n) is 2.75. The van der Waals surface area contributed by atoms with Crippen LogP contribution in [0.4, 0.5) is 16.4 Å². The standard InChI is InChI=1S/C18H18BN7O6/c20-18-25-13-12(15(28)26-18)23-10(7-22-13)6-21-9-3-1-8(2-4-9)14(27)24-11(16(29)30)5-19-17(31)32/h1-4,7,11,19,21H,5-6H2,(H,24,27)(H,29,30)(H,31,32)(H3,20,22,25,26,28)/t11-/m0/s1. The third kappa shape index (κ3) is 5.56. The highest BCUT2D eigenvalue weighted by Gasteiger charge is 2.22. The first-order valence-corrected chi connectivity index (χ1v) is 9.33. The quantitative estimate of drug-likeness (QED) is 0.236. The Morgan fingerprint density at radius 1 is 1.16 bits per heavy atom. The zero-order valence-electron chi connectivity index (χ0n) is 16.5. The van der Waals surface area contributed by atoms with Gasteiger partial charge in [0, 0.05) is 11.3 Å². The van der Waals surface area contributed by atoms with Crippen LogP contribution in [0.5, 0.6) is 0 Å². The summed E-state index contributed by atoms with van der Waals surface area (Å²) in [7, 11) is -0.382. The third-order valence-corrected chi connectivity index (χ3v) is 4.36. The molecule has 0 radical (unpaired) electrons. The molecule has 0 unspecified atom stereocenters. The second kappa shape index (κ2) is 9.55. The molecule has 7 N–H and O–H groups in total. The van der Waals surface area contributed by atoms with Gasteiger partial charge in [0.15, 0.2) is 11.2 Å². The van der Waals surface area contributed by atoms with E-state index < -0.39 is 29.3 Å². The molecule has 1 amide bonds. The van der Waals surface area contributed by atoms with Crippen molar-refractivity contribution in [2.75, 3.05) is 11.1 Å². The largest absolute Gasteiger partial charge is 0.489 e. The number of aromatic nitrogens is 4. The third-order valence-electron chi connectivity index (χ3n) is 4.36. The Morgan fingerprint density at radius 3 is 2.53 bits per heavy atom. The monoisotopic (exact) mass is 439 g/mol. The van der Waals surface area contributed by atoms with Crippen molar-refractivity contribution in [3.63, 3.8) is 0 Å². The Kier molecular flexibility index (Phi) is 6.63. The molecule has 0 aliphatic heterocycles. The van der Waals surface area contributed by atoms with E-state index in [2.05, 4.69) is 30.6 Å². The number of fused-ring (bicyclic) bond motifs is 1. The van der Waals surface area contributed by atoms with Gasteiger partial charge in [-0.05, 0) is 30.6 Å². The number of amides is 1. The molecule has 0 saturated carbocycles. The lowest BCUT2D eigenvalue weighted by molar-refractivity contribution is -0.138. The number of nitrogens with zero attached hydrogens (tertiary/aromatic N) is 3. The second-order valence-electron chi connectivity index (χ2n) is 6.71. The maximum Gasteiger partial charge on any atom is 0.325 e. The molecule has 0 aliphatic rings. The van der Waals surface area contributed by atoms with Gasteiger partial charge in [0.25, 0.3) is 18.7 Å². The Bertz CT molecular complexity index is 1230. The average molecular weight is 439 g/mol. The van der Waals surface area contributed by atoms with Crippen molar-refractivity contribution < 1.29 is 24.6 Å². The van der Waals surface area contributed by atoms with E-state index in [1.807, 2.05) is 0 Å². The van der Waals surface area contributed by atoms with Crippen molar-refractivity contribution in [1.82, 2.24) is 25.3 Å². The summed E-state index contributed by atoms with van der Waals surface area (Å²) in [4.78, 5) is 60.6. The van der Waals surface area contributed by atoms with Gasteiger partial charge in [0.2, 0.25) is 11.8 Å². The Hall–Kier alpha value is -4.49. The van der Waals surface area contributed by atoms with Crippen LogP contribution >= 0.6 is 0 Å². The van der Waals surface area contributed by atoms with Crippen LogP contribution in [0.25, 0.3) is 11.2 Å². The lowest BCUT2D eigenvalue weighted by Crippen LogP contribution is -2.42. The number of carboxylic acid groups (broad SMARTS) is 2. The number of hydrogen-bond acceptors (Lipinski definition) is 9. The molecular weight excluding hydrogens is 421 g/mol. The Morgan fingerprint density at radius 2 is 1.88 bits per heavy atom. The molecule has 0 bridgehead atoms. The smallest absolute Gasteiger partial charge is 0.325 e. The van der Waals surface area contributed by atoms with Crippen LogP contribution < -0.4 is 21.9 Å². The van der Waals surface area contributed by atoms with E-state index in [1.165, 1.54) is 18.3 Å². The maximum atomic E-state index is 12.3. The van der Waals surface area contributed by atoms with Crippen LogP contribution in [0.3, 0.4) is 0 Å². The average Bonchev–Trinajstić information content (AvgIpc) is 2.75. The van der Waals surface area contributed by atoms with Gasteiger partial charge < -0.3 is 26.6 Å². The zero-order valence-corrected chi connectivity index (χ0v) is 16.5. The van der Waals surface area contributed by atoms with Crippen molar-refractivity contribution in [1.29, 1.82) is 0 Å². The van der Waals surface area contributed by atoms with E-state index in [-0.39, 0.29) is 42.8 Å². The number of aromatic amines is 1. The molecule has 13 nitrogen and oxygen atoms in total. The number of carboxylic acids is 1. The lowest BCUT2D eigenvalue weighted by atomic mass is 9.72. The number of H-pyrrole nitrogens is 1. The highest BCUT2D eigenvalue weighted by Crippen LogP contribution is 2.12. The maximum absolute atomic E-state index is 12.3. The van der Waals surface area contributed by atoms with Crippen LogP contribution in [-0.4, -0.2) is 61.2 Å². The van der Waals surface area contributed by atoms with E-state index in [4.69, 9.17) is 15.9 Å². The highest BCUT2D eigenvalue weighted by molar-refractivity contribution is 6.71. The normalized spacial score (nSPS) is 11.5. The number of carbonyl (C=O) groups is 3. The fourth-order valence-corrected chi connectivity index (χ4v) is 2.75. The fraction of sp³-hybridized carbons (Fsp3) is 0.167. The molecule has 0 spiro atoms. The van der Waals surface area contributed by atoms with Crippen LogP contribution in [0.1, 0.15) is 16.1 Å². The molecule has 0 fully saturated rings. The van der Waals surface area contributed by atoms with Gasteiger partial charge >= 0.3 is 5.97 Å². The summed E-state index contributed by atoms with van der Waals surface area (Å²) < 4.78 is 0. The van der Waals surface area contributed by atoms with E-state index in [1.54, 1.807) is 12.1 Å². The molecule has 3 rings (SSSR count). The summed E-state index contributed by atoms with van der Waals surface area (Å²) in [5.74, 6) is -3.16. The predicted molar refractivity (Wildman–Crippen MR) is 115 cm³/mol. The number of anilines is 2. The van der Waals surface area contributed by atoms with Crippen LogP contribution in [0, 0.1) is 0 Å². The zero-order chi connectivity index (χ0) is 23.3. The predicted octanol–water partition coefficient (Wildman–Crippen LogP) is -0.377. The topological polar surface area (TPSA) is 213 Å². The van der Waals surface area contributed by atoms with E-state index in [0.717, 1.165) is 0 Å². The summed E-state index contributed by atoms with van der Waals surface area (Å²) >= 11 is 0. The van der Waals surface area contributed by atoms with E-state index >= 15 is 0 Å². The van der Waals surface area contributed by atoms with E-state index in [0.29, 0.717) is 11.4 Å². The number of rotatable bonds is 9. The molecule has 2 heterocycles. The molecule has 1 aromatic carbocycles. The molecule has 0 aliphatic carbocycles. The van der Waals surface area contributed by atoms with Gasteiger partial charge in [0.1, 0.15) is 6.04 Å². The Labute approximate surface area is 180 Å². The van der Waals surface area contributed by atoms with Crippen molar-refractivity contribution in [2.45, 2.75) is 18.9 Å². The second-order valence-corrected chi connectivity index (χ2v) is 6.71. The molecule has 0 saturated heterocycles. The number of carbonyl (C=O) groups excluding carboxylic acids is 1. The minimum Gasteiger partial charge on any atom is -0.489 e. The molecule has 14 heteroatoms. The van der Waals surface area contributed by atoms with E-state index in [9.17, 15) is 19.2 Å². The lowest BCUT2D eigenvalue weighted by Gasteiger charge is -2.13. The summed E-state index contributed by atoms with van der Waals surface area (Å²) in [6.07, 6.45) is 1.22. The first-order chi connectivity index (χ1) is 15.2. The molecule has 32 heavy (non-hydrogen) atoms. The van der Waals surface area contributed by atoms with Crippen LogP contribution in [0.2, 0.25) is 6.32 Å². The SMILES string of the molecule is Nc1nc2ncc(CNc3ccc(C(=O)N[C@@H](CBC(=O)O)C(=O)O)cc3)nc2c(=O)[nH]1. The van der Waals surface area contributed by atoms with Gasteiger partial charge in [-0.2, -0.15) is 4.98 Å². The van der Waals surface area contributed by atoms with Crippen molar-refractivity contribution >= 4 is 47.8 Å². The van der Waals surface area contributed by atoms with Gasteiger partial charge in [-0.25, -0.2) is 9.97 Å². The van der Waals surface area contributed by atoms with Crippen molar-refractivity contribution in [2.24, 2.45) is 0 Å². The number of nitrogens with one attached hydrogen (secondary N) is 3. The number of nitrogens with two attached hydrogens (primary N) is 1. The highest BCUT2D eigenvalue weighted by atomic mass is 16.4.